The molecule has 2 rings (SSSR count). The number of anilines is 2. The van der Waals surface area contributed by atoms with Gasteiger partial charge in [-0.1, -0.05) is 41.1 Å². The first-order chi connectivity index (χ1) is 9.13. The normalized spacial score (nSPS) is 10.0. The summed E-state index contributed by atoms with van der Waals surface area (Å²) in [7, 11) is 0. The van der Waals surface area contributed by atoms with E-state index < -0.39 is 0 Å². The summed E-state index contributed by atoms with van der Waals surface area (Å²) in [5.41, 5.74) is 5.18. The summed E-state index contributed by atoms with van der Waals surface area (Å²) < 4.78 is 0.903. The molecule has 2 aromatic rings. The fraction of sp³-hybridized carbons (Fsp3) is 0.188. The molecule has 2 aromatic carbocycles. The number of para-hydroxylation sites is 1. The summed E-state index contributed by atoms with van der Waals surface area (Å²) in [6, 6.07) is 14.1. The minimum atomic E-state index is 0.642. The summed E-state index contributed by atoms with van der Waals surface area (Å²) in [6.07, 6.45) is 0.975. The highest BCUT2D eigenvalue weighted by Gasteiger charge is 2.06. The van der Waals surface area contributed by atoms with Crippen molar-refractivity contribution in [3.63, 3.8) is 0 Å². The molecule has 0 heterocycles. The number of hydrogen-bond donors (Lipinski definition) is 1. The Balaban J connectivity index is 2.42. The predicted molar refractivity (Wildman–Crippen MR) is 82.7 cm³/mol. The van der Waals surface area contributed by atoms with E-state index in [0.29, 0.717) is 5.56 Å². The van der Waals surface area contributed by atoms with Crippen molar-refractivity contribution in [3.05, 3.63) is 57.6 Å². The Hall–Kier alpha value is -1.79. The third kappa shape index (κ3) is 3.15. The highest BCUT2D eigenvalue weighted by Crippen LogP contribution is 2.27. The summed E-state index contributed by atoms with van der Waals surface area (Å²) in [5.74, 6) is 0. The molecule has 96 valence electrons. The first-order valence-corrected chi connectivity index (χ1v) is 6.99. The minimum Gasteiger partial charge on any atom is -0.355 e. The van der Waals surface area contributed by atoms with Crippen LogP contribution < -0.4 is 5.32 Å². The van der Waals surface area contributed by atoms with Gasteiger partial charge in [-0.05, 0) is 42.7 Å². The standard InChI is InChI=1S/C16H15BrN2/c1-3-13-6-4-5-11(2)16(13)19-15-8-12(10-18)7-14(17)9-15/h4-9,19H,3H2,1-2H3. The number of aryl methyl sites for hydroxylation is 2. The van der Waals surface area contributed by atoms with Gasteiger partial charge >= 0.3 is 0 Å². The van der Waals surface area contributed by atoms with Gasteiger partial charge in [-0.15, -0.1) is 0 Å². The zero-order valence-electron chi connectivity index (χ0n) is 11.0. The maximum Gasteiger partial charge on any atom is 0.0992 e. The van der Waals surface area contributed by atoms with E-state index in [1.54, 1.807) is 0 Å². The SMILES string of the molecule is CCc1cccc(C)c1Nc1cc(Br)cc(C#N)c1. The molecule has 2 nitrogen and oxygen atoms in total. The lowest BCUT2D eigenvalue weighted by Gasteiger charge is -2.14. The van der Waals surface area contributed by atoms with Gasteiger partial charge in [0.05, 0.1) is 11.6 Å². The molecular weight excluding hydrogens is 300 g/mol. The average Bonchev–Trinajstić information content (AvgIpc) is 2.40. The summed E-state index contributed by atoms with van der Waals surface area (Å²) in [4.78, 5) is 0. The quantitative estimate of drug-likeness (QED) is 0.871. The molecule has 3 heteroatoms. The summed E-state index contributed by atoms with van der Waals surface area (Å²) in [6.45, 7) is 4.23. The van der Waals surface area contributed by atoms with Crippen LogP contribution in [0.4, 0.5) is 11.4 Å². The molecule has 0 aromatic heterocycles. The van der Waals surface area contributed by atoms with Gasteiger partial charge in [0.1, 0.15) is 0 Å². The van der Waals surface area contributed by atoms with E-state index in [-0.39, 0.29) is 0 Å². The molecular formula is C16H15BrN2. The van der Waals surface area contributed by atoms with Crippen molar-refractivity contribution in [3.8, 4) is 6.07 Å². The molecule has 0 aliphatic rings. The molecule has 0 saturated carbocycles. The maximum atomic E-state index is 9.01. The number of nitrogens with zero attached hydrogens (tertiary/aromatic N) is 1. The molecule has 0 aliphatic carbocycles. The lowest BCUT2D eigenvalue weighted by molar-refractivity contribution is 1.13. The van der Waals surface area contributed by atoms with E-state index in [1.807, 2.05) is 18.2 Å². The van der Waals surface area contributed by atoms with Gasteiger partial charge in [0.15, 0.2) is 0 Å². The van der Waals surface area contributed by atoms with Crippen molar-refractivity contribution in [2.75, 3.05) is 5.32 Å². The second kappa shape index (κ2) is 5.90. The Labute approximate surface area is 122 Å². The van der Waals surface area contributed by atoms with Crippen molar-refractivity contribution < 1.29 is 0 Å². The first-order valence-electron chi connectivity index (χ1n) is 6.20. The molecule has 0 amide bonds. The first kappa shape index (κ1) is 13.6. The third-order valence-electron chi connectivity index (χ3n) is 3.04. The van der Waals surface area contributed by atoms with E-state index in [0.717, 1.165) is 22.3 Å². The molecule has 0 radical (unpaired) electrons. The van der Waals surface area contributed by atoms with Crippen LogP contribution in [0.25, 0.3) is 0 Å². The smallest absolute Gasteiger partial charge is 0.0992 e. The van der Waals surface area contributed by atoms with Crippen LogP contribution in [0.3, 0.4) is 0 Å². The highest BCUT2D eigenvalue weighted by atomic mass is 79.9. The lowest BCUT2D eigenvalue weighted by Crippen LogP contribution is -1.98. The van der Waals surface area contributed by atoms with Crippen molar-refractivity contribution in [1.29, 1.82) is 5.26 Å². The molecule has 0 bridgehead atoms. The van der Waals surface area contributed by atoms with Crippen LogP contribution in [0.2, 0.25) is 0 Å². The van der Waals surface area contributed by atoms with Gasteiger partial charge in [0.2, 0.25) is 0 Å². The van der Waals surface area contributed by atoms with E-state index in [9.17, 15) is 0 Å². The second-order valence-corrected chi connectivity index (χ2v) is 5.34. The van der Waals surface area contributed by atoms with Gasteiger partial charge in [-0.3, -0.25) is 0 Å². The molecule has 0 spiro atoms. The van der Waals surface area contributed by atoms with Crippen molar-refractivity contribution in [1.82, 2.24) is 0 Å². The monoisotopic (exact) mass is 314 g/mol. The fourth-order valence-corrected chi connectivity index (χ4v) is 2.57. The molecule has 0 aliphatic heterocycles. The topological polar surface area (TPSA) is 35.8 Å². The van der Waals surface area contributed by atoms with Crippen LogP contribution in [0.15, 0.2) is 40.9 Å². The number of benzene rings is 2. The zero-order chi connectivity index (χ0) is 13.8. The van der Waals surface area contributed by atoms with Gasteiger partial charge < -0.3 is 5.32 Å². The Morgan fingerprint density at radius 2 is 2.05 bits per heavy atom. The van der Waals surface area contributed by atoms with Gasteiger partial charge in [0.25, 0.3) is 0 Å². The highest BCUT2D eigenvalue weighted by molar-refractivity contribution is 9.10. The Kier molecular flexibility index (Phi) is 4.24. The molecule has 1 N–H and O–H groups in total. The van der Waals surface area contributed by atoms with Gasteiger partial charge in [-0.2, -0.15) is 5.26 Å². The number of nitrogens with one attached hydrogen (secondary N) is 1. The molecule has 0 atom stereocenters. The molecule has 0 saturated heterocycles. The van der Waals surface area contributed by atoms with Crippen molar-refractivity contribution in [2.45, 2.75) is 20.3 Å². The van der Waals surface area contributed by atoms with E-state index in [4.69, 9.17) is 5.26 Å². The Morgan fingerprint density at radius 3 is 2.74 bits per heavy atom. The number of halogens is 1. The van der Waals surface area contributed by atoms with Crippen LogP contribution in [0.1, 0.15) is 23.6 Å². The number of rotatable bonds is 3. The largest absolute Gasteiger partial charge is 0.355 e. The van der Waals surface area contributed by atoms with Crippen LogP contribution in [-0.4, -0.2) is 0 Å². The maximum absolute atomic E-state index is 9.01. The number of hydrogen-bond acceptors (Lipinski definition) is 2. The van der Waals surface area contributed by atoms with Crippen LogP contribution >= 0.6 is 15.9 Å². The zero-order valence-corrected chi connectivity index (χ0v) is 12.6. The molecule has 19 heavy (non-hydrogen) atoms. The van der Waals surface area contributed by atoms with E-state index >= 15 is 0 Å². The van der Waals surface area contributed by atoms with Gasteiger partial charge in [0, 0.05) is 15.8 Å². The number of nitriles is 1. The molecule has 0 unspecified atom stereocenters. The van der Waals surface area contributed by atoms with Crippen LogP contribution in [-0.2, 0) is 6.42 Å². The lowest BCUT2D eigenvalue weighted by atomic mass is 10.1. The molecule has 0 fully saturated rings. The van der Waals surface area contributed by atoms with E-state index in [1.165, 1.54) is 11.1 Å². The predicted octanol–water partition coefficient (Wildman–Crippen LogP) is 4.94. The minimum absolute atomic E-state index is 0.642. The Morgan fingerprint density at radius 1 is 1.26 bits per heavy atom. The second-order valence-electron chi connectivity index (χ2n) is 4.43. The van der Waals surface area contributed by atoms with Gasteiger partial charge in [-0.25, -0.2) is 0 Å². The van der Waals surface area contributed by atoms with Crippen LogP contribution in [0, 0.1) is 18.3 Å². The summed E-state index contributed by atoms with van der Waals surface area (Å²) >= 11 is 3.43. The third-order valence-corrected chi connectivity index (χ3v) is 3.49. The summed E-state index contributed by atoms with van der Waals surface area (Å²) in [5, 5.41) is 12.4. The van der Waals surface area contributed by atoms with E-state index in [2.05, 4.69) is 59.4 Å². The fourth-order valence-electron chi connectivity index (χ4n) is 2.07. The van der Waals surface area contributed by atoms with Crippen molar-refractivity contribution >= 4 is 27.3 Å². The van der Waals surface area contributed by atoms with Crippen molar-refractivity contribution in [2.24, 2.45) is 0 Å². The average molecular weight is 315 g/mol. The Bertz CT molecular complexity index is 642. The van der Waals surface area contributed by atoms with Crippen LogP contribution in [0.5, 0.6) is 0 Å².